The lowest BCUT2D eigenvalue weighted by Gasteiger charge is -2.13. The van der Waals surface area contributed by atoms with Gasteiger partial charge in [0.25, 0.3) is 5.91 Å². The van der Waals surface area contributed by atoms with Crippen LogP contribution in [0.4, 0.5) is 11.4 Å². The molecular weight excluding hydrogens is 282 g/mol. The lowest BCUT2D eigenvalue weighted by Crippen LogP contribution is -2.33. The van der Waals surface area contributed by atoms with E-state index in [4.69, 9.17) is 0 Å². The summed E-state index contributed by atoms with van der Waals surface area (Å²) >= 11 is 0. The number of aromatic nitrogens is 2. The number of hydrogen-bond donors (Lipinski definition) is 2. The minimum atomic E-state index is -0.439. The maximum Gasteiger partial charge on any atom is 0.271 e. The van der Waals surface area contributed by atoms with Crippen LogP contribution in [0.25, 0.3) is 0 Å². The van der Waals surface area contributed by atoms with Gasteiger partial charge < -0.3 is 15.5 Å². The number of rotatable bonds is 5. The standard InChI is InChI=1S/C15H17N5O2/c1-20(2)12-5-3-11(4-6-12)19-14(21)10-18-15(22)13-9-16-7-8-17-13/h3-9H,10H2,1-2H3,(H,18,22)(H,19,21). The van der Waals surface area contributed by atoms with E-state index in [9.17, 15) is 9.59 Å². The van der Waals surface area contributed by atoms with Gasteiger partial charge >= 0.3 is 0 Å². The fourth-order valence-corrected chi connectivity index (χ4v) is 1.72. The molecule has 2 aromatic rings. The molecule has 0 spiro atoms. The van der Waals surface area contributed by atoms with Gasteiger partial charge in [-0.15, -0.1) is 0 Å². The van der Waals surface area contributed by atoms with Crippen LogP contribution in [0.1, 0.15) is 10.5 Å². The van der Waals surface area contributed by atoms with Gasteiger partial charge in [0.1, 0.15) is 5.69 Å². The van der Waals surface area contributed by atoms with Crippen molar-refractivity contribution in [2.24, 2.45) is 0 Å². The largest absolute Gasteiger partial charge is 0.378 e. The summed E-state index contributed by atoms with van der Waals surface area (Å²) in [6, 6.07) is 7.40. The van der Waals surface area contributed by atoms with Gasteiger partial charge in [-0.25, -0.2) is 4.98 Å². The van der Waals surface area contributed by atoms with Crippen molar-refractivity contribution in [1.29, 1.82) is 0 Å². The predicted octanol–water partition coefficient (Wildman–Crippen LogP) is 0.911. The Morgan fingerprint density at radius 1 is 1.14 bits per heavy atom. The van der Waals surface area contributed by atoms with E-state index < -0.39 is 5.91 Å². The van der Waals surface area contributed by atoms with Crippen LogP contribution >= 0.6 is 0 Å². The molecule has 0 bridgehead atoms. The molecular formula is C15H17N5O2. The Hall–Kier alpha value is -2.96. The van der Waals surface area contributed by atoms with Gasteiger partial charge in [-0.3, -0.25) is 14.6 Å². The lowest BCUT2D eigenvalue weighted by atomic mass is 10.2. The molecule has 1 aromatic carbocycles. The molecule has 0 aliphatic carbocycles. The molecule has 2 N–H and O–H groups in total. The summed E-state index contributed by atoms with van der Waals surface area (Å²) in [5.74, 6) is -0.749. The van der Waals surface area contributed by atoms with Gasteiger partial charge in [-0.05, 0) is 24.3 Å². The first-order valence-corrected chi connectivity index (χ1v) is 6.67. The van der Waals surface area contributed by atoms with Crippen molar-refractivity contribution in [3.63, 3.8) is 0 Å². The second kappa shape index (κ2) is 7.16. The Kier molecular flexibility index (Phi) is 5.02. The molecule has 1 heterocycles. The molecule has 7 heteroatoms. The number of nitrogens with one attached hydrogen (secondary N) is 2. The van der Waals surface area contributed by atoms with Gasteiger partial charge in [0.2, 0.25) is 5.91 Å². The van der Waals surface area contributed by atoms with E-state index in [1.54, 1.807) is 12.1 Å². The van der Waals surface area contributed by atoms with Gasteiger partial charge in [0.15, 0.2) is 0 Å². The maximum atomic E-state index is 11.8. The van der Waals surface area contributed by atoms with Crippen LogP contribution in [0.5, 0.6) is 0 Å². The Labute approximate surface area is 128 Å². The normalized spacial score (nSPS) is 9.91. The van der Waals surface area contributed by atoms with E-state index in [1.807, 2.05) is 31.1 Å². The average molecular weight is 299 g/mol. The van der Waals surface area contributed by atoms with Crippen molar-refractivity contribution in [1.82, 2.24) is 15.3 Å². The van der Waals surface area contributed by atoms with Crippen LogP contribution in [-0.2, 0) is 4.79 Å². The van der Waals surface area contributed by atoms with E-state index in [2.05, 4.69) is 20.6 Å². The number of nitrogens with zero attached hydrogens (tertiary/aromatic N) is 3. The van der Waals surface area contributed by atoms with E-state index in [1.165, 1.54) is 18.6 Å². The minimum Gasteiger partial charge on any atom is -0.378 e. The second-order valence-electron chi connectivity index (χ2n) is 4.76. The molecule has 0 unspecified atom stereocenters. The summed E-state index contributed by atoms with van der Waals surface area (Å²) < 4.78 is 0. The highest BCUT2D eigenvalue weighted by molar-refractivity contribution is 5.98. The minimum absolute atomic E-state index is 0.134. The molecule has 114 valence electrons. The van der Waals surface area contributed by atoms with Crippen LogP contribution in [0.2, 0.25) is 0 Å². The summed E-state index contributed by atoms with van der Waals surface area (Å²) in [6.45, 7) is -0.134. The Bertz CT molecular complexity index is 641. The van der Waals surface area contributed by atoms with Crippen molar-refractivity contribution in [2.45, 2.75) is 0 Å². The first-order chi connectivity index (χ1) is 10.6. The maximum absolute atomic E-state index is 11.8. The van der Waals surface area contributed by atoms with Crippen LogP contribution in [0.3, 0.4) is 0 Å². The van der Waals surface area contributed by atoms with Crippen LogP contribution < -0.4 is 15.5 Å². The van der Waals surface area contributed by atoms with Gasteiger partial charge in [-0.2, -0.15) is 0 Å². The number of carbonyl (C=O) groups excluding carboxylic acids is 2. The van der Waals surface area contributed by atoms with Crippen molar-refractivity contribution >= 4 is 23.2 Å². The number of anilines is 2. The smallest absolute Gasteiger partial charge is 0.271 e. The van der Waals surface area contributed by atoms with Crippen molar-refractivity contribution in [3.8, 4) is 0 Å². The van der Waals surface area contributed by atoms with E-state index in [0.29, 0.717) is 5.69 Å². The fraction of sp³-hybridized carbons (Fsp3) is 0.200. The summed E-state index contributed by atoms with van der Waals surface area (Å²) in [6.07, 6.45) is 4.23. The second-order valence-corrected chi connectivity index (χ2v) is 4.76. The van der Waals surface area contributed by atoms with Gasteiger partial charge in [0, 0.05) is 37.9 Å². The van der Waals surface area contributed by atoms with E-state index in [0.717, 1.165) is 5.69 Å². The predicted molar refractivity (Wildman–Crippen MR) is 83.8 cm³/mol. The first kappa shape index (κ1) is 15.4. The quantitative estimate of drug-likeness (QED) is 0.857. The van der Waals surface area contributed by atoms with Crippen LogP contribution in [-0.4, -0.2) is 42.4 Å². The zero-order chi connectivity index (χ0) is 15.9. The highest BCUT2D eigenvalue weighted by atomic mass is 16.2. The molecule has 7 nitrogen and oxygen atoms in total. The third-order valence-corrected chi connectivity index (χ3v) is 2.87. The number of hydrogen-bond acceptors (Lipinski definition) is 5. The van der Waals surface area contributed by atoms with Gasteiger partial charge in [-0.1, -0.05) is 0 Å². The van der Waals surface area contributed by atoms with E-state index >= 15 is 0 Å². The third-order valence-electron chi connectivity index (χ3n) is 2.87. The number of benzene rings is 1. The summed E-state index contributed by atoms with van der Waals surface area (Å²) in [5.41, 5.74) is 1.88. The highest BCUT2D eigenvalue weighted by Gasteiger charge is 2.09. The monoisotopic (exact) mass is 299 g/mol. The molecule has 0 saturated heterocycles. The molecule has 2 rings (SSSR count). The molecule has 0 atom stereocenters. The number of carbonyl (C=O) groups is 2. The van der Waals surface area contributed by atoms with E-state index in [-0.39, 0.29) is 18.1 Å². The van der Waals surface area contributed by atoms with Crippen molar-refractivity contribution in [3.05, 3.63) is 48.5 Å². The average Bonchev–Trinajstić information content (AvgIpc) is 2.54. The summed E-state index contributed by atoms with van der Waals surface area (Å²) in [5, 5.41) is 5.19. The SMILES string of the molecule is CN(C)c1ccc(NC(=O)CNC(=O)c2cnccn2)cc1. The summed E-state index contributed by atoms with van der Waals surface area (Å²) in [7, 11) is 3.88. The zero-order valence-corrected chi connectivity index (χ0v) is 12.4. The summed E-state index contributed by atoms with van der Waals surface area (Å²) in [4.78, 5) is 33.1. The first-order valence-electron chi connectivity index (χ1n) is 6.67. The topological polar surface area (TPSA) is 87.2 Å². The molecule has 1 aromatic heterocycles. The molecule has 0 saturated carbocycles. The molecule has 2 amide bonds. The molecule has 0 aliphatic heterocycles. The molecule has 22 heavy (non-hydrogen) atoms. The lowest BCUT2D eigenvalue weighted by molar-refractivity contribution is -0.115. The van der Waals surface area contributed by atoms with Gasteiger partial charge in [0.05, 0.1) is 12.7 Å². The molecule has 0 aliphatic rings. The fourth-order valence-electron chi connectivity index (χ4n) is 1.72. The Morgan fingerprint density at radius 3 is 2.45 bits per heavy atom. The third kappa shape index (κ3) is 4.27. The van der Waals surface area contributed by atoms with Crippen molar-refractivity contribution < 1.29 is 9.59 Å². The number of amides is 2. The molecule has 0 fully saturated rings. The molecule has 0 radical (unpaired) electrons. The Balaban J connectivity index is 1.84. The van der Waals surface area contributed by atoms with Crippen LogP contribution in [0.15, 0.2) is 42.9 Å². The Morgan fingerprint density at radius 2 is 1.86 bits per heavy atom. The van der Waals surface area contributed by atoms with Crippen LogP contribution in [0, 0.1) is 0 Å². The zero-order valence-electron chi connectivity index (χ0n) is 12.4. The highest BCUT2D eigenvalue weighted by Crippen LogP contribution is 2.15. The van der Waals surface area contributed by atoms with Crippen molar-refractivity contribution in [2.75, 3.05) is 30.9 Å².